The van der Waals surface area contributed by atoms with Gasteiger partial charge < -0.3 is 24.1 Å². The predicted molar refractivity (Wildman–Crippen MR) is 145 cm³/mol. The van der Waals surface area contributed by atoms with E-state index in [0.717, 1.165) is 16.9 Å². The molecule has 1 atom stereocenters. The molecule has 2 aromatic carbocycles. The summed E-state index contributed by atoms with van der Waals surface area (Å²) in [5, 5.41) is 11.6. The average Bonchev–Trinajstić information content (AvgIpc) is 3.44. The highest BCUT2D eigenvalue weighted by molar-refractivity contribution is 7.17. The van der Waals surface area contributed by atoms with Gasteiger partial charge in [0.15, 0.2) is 16.6 Å². The van der Waals surface area contributed by atoms with E-state index in [0.29, 0.717) is 28.3 Å². The van der Waals surface area contributed by atoms with Crippen LogP contribution in [0.1, 0.15) is 45.0 Å². The number of aliphatic hydroxyl groups is 1. The van der Waals surface area contributed by atoms with Crippen molar-refractivity contribution in [3.8, 4) is 17.2 Å². The van der Waals surface area contributed by atoms with Gasteiger partial charge in [-0.05, 0) is 50.6 Å². The number of aromatic nitrogens is 1. The zero-order valence-corrected chi connectivity index (χ0v) is 23.2. The minimum atomic E-state index is -1.14. The third-order valence-electron chi connectivity index (χ3n) is 6.29. The maximum absolute atomic E-state index is 13.6. The Balaban J connectivity index is 1.99. The van der Waals surface area contributed by atoms with Crippen LogP contribution in [0.15, 0.2) is 42.0 Å². The molecule has 0 radical (unpaired) electrons. The molecule has 1 aromatic heterocycles. The molecule has 1 saturated heterocycles. The molecule has 1 N–H and O–H groups in total. The Kier molecular flexibility index (Phi) is 7.91. The van der Waals surface area contributed by atoms with E-state index in [1.807, 2.05) is 0 Å². The van der Waals surface area contributed by atoms with Crippen molar-refractivity contribution < 1.29 is 38.4 Å². The van der Waals surface area contributed by atoms with E-state index >= 15 is 0 Å². The SMILES string of the molecule is CCOC(=O)c1sc(N2C(=O)C(=O)/C(=C(/O)c3ccc(OC)c(C)c3)[C@@H]2c2cccc(OC)c2OC)nc1C. The number of hydrogen-bond donors (Lipinski definition) is 1. The number of nitrogens with zero attached hydrogens (tertiary/aromatic N) is 2. The molecule has 1 aliphatic heterocycles. The van der Waals surface area contributed by atoms with Gasteiger partial charge in [0.2, 0.25) is 0 Å². The zero-order chi connectivity index (χ0) is 28.4. The fourth-order valence-electron chi connectivity index (χ4n) is 4.50. The number of para-hydroxylation sites is 1. The number of anilines is 1. The Morgan fingerprint density at radius 2 is 1.77 bits per heavy atom. The first-order chi connectivity index (χ1) is 18.7. The molecule has 0 unspecified atom stereocenters. The highest BCUT2D eigenvalue weighted by atomic mass is 32.1. The molecular weight excluding hydrogens is 524 g/mol. The molecule has 0 spiro atoms. The smallest absolute Gasteiger partial charge is 0.350 e. The first-order valence-corrected chi connectivity index (χ1v) is 12.8. The third-order valence-corrected chi connectivity index (χ3v) is 7.43. The Bertz CT molecular complexity index is 1490. The minimum Gasteiger partial charge on any atom is -0.507 e. The van der Waals surface area contributed by atoms with E-state index in [-0.39, 0.29) is 33.7 Å². The fraction of sp³-hybridized carbons (Fsp3) is 0.286. The molecule has 11 heteroatoms. The van der Waals surface area contributed by atoms with Gasteiger partial charge in [-0.2, -0.15) is 0 Å². The van der Waals surface area contributed by atoms with Gasteiger partial charge in [-0.15, -0.1) is 0 Å². The van der Waals surface area contributed by atoms with Gasteiger partial charge in [0, 0.05) is 11.1 Å². The highest BCUT2D eigenvalue weighted by Crippen LogP contribution is 2.48. The number of carbonyl (C=O) groups excluding carboxylic acids is 3. The molecular formula is C28H28N2O8S. The van der Waals surface area contributed by atoms with Crippen LogP contribution in [0.4, 0.5) is 5.13 Å². The quantitative estimate of drug-likeness (QED) is 0.185. The van der Waals surface area contributed by atoms with Crippen molar-refractivity contribution in [2.24, 2.45) is 0 Å². The number of ketones is 1. The largest absolute Gasteiger partial charge is 0.507 e. The second-order valence-electron chi connectivity index (χ2n) is 8.57. The fourth-order valence-corrected chi connectivity index (χ4v) is 5.49. The van der Waals surface area contributed by atoms with E-state index in [9.17, 15) is 19.5 Å². The predicted octanol–water partition coefficient (Wildman–Crippen LogP) is 4.59. The summed E-state index contributed by atoms with van der Waals surface area (Å²) >= 11 is 0.924. The maximum atomic E-state index is 13.6. The molecule has 1 fully saturated rings. The topological polar surface area (TPSA) is 124 Å². The molecule has 39 heavy (non-hydrogen) atoms. The number of rotatable bonds is 8. The van der Waals surface area contributed by atoms with Crippen LogP contribution in [-0.4, -0.2) is 55.7 Å². The monoisotopic (exact) mass is 552 g/mol. The van der Waals surface area contributed by atoms with E-state index in [1.165, 1.54) is 26.2 Å². The second-order valence-corrected chi connectivity index (χ2v) is 9.55. The Labute approximate surface area is 229 Å². The number of benzene rings is 2. The molecule has 10 nitrogen and oxygen atoms in total. The van der Waals surface area contributed by atoms with Crippen molar-refractivity contribution in [2.75, 3.05) is 32.8 Å². The van der Waals surface area contributed by atoms with Gasteiger partial charge in [0.25, 0.3) is 5.78 Å². The van der Waals surface area contributed by atoms with Crippen molar-refractivity contribution in [1.82, 2.24) is 4.98 Å². The van der Waals surface area contributed by atoms with Crippen LogP contribution < -0.4 is 19.1 Å². The minimum absolute atomic E-state index is 0.0949. The van der Waals surface area contributed by atoms with Crippen molar-refractivity contribution in [1.29, 1.82) is 0 Å². The average molecular weight is 553 g/mol. The lowest BCUT2D eigenvalue weighted by Crippen LogP contribution is -2.29. The number of amides is 1. The van der Waals surface area contributed by atoms with Gasteiger partial charge in [-0.1, -0.05) is 23.5 Å². The van der Waals surface area contributed by atoms with Crippen molar-refractivity contribution in [3.05, 3.63) is 69.2 Å². The normalized spacial score (nSPS) is 16.4. The Morgan fingerprint density at radius 1 is 1.05 bits per heavy atom. The van der Waals surface area contributed by atoms with E-state index in [1.54, 1.807) is 57.2 Å². The van der Waals surface area contributed by atoms with Crippen LogP contribution in [0, 0.1) is 13.8 Å². The number of Topliss-reactive ketones (excluding diaryl/α,β-unsaturated/α-hetero) is 1. The summed E-state index contributed by atoms with van der Waals surface area (Å²) in [6, 6.07) is 8.81. The lowest BCUT2D eigenvalue weighted by molar-refractivity contribution is -0.132. The van der Waals surface area contributed by atoms with Gasteiger partial charge in [-0.3, -0.25) is 14.5 Å². The molecule has 4 rings (SSSR count). The second kappa shape index (κ2) is 11.2. The molecule has 0 bridgehead atoms. The van der Waals surface area contributed by atoms with E-state index in [4.69, 9.17) is 18.9 Å². The van der Waals surface area contributed by atoms with Crippen LogP contribution in [0.25, 0.3) is 5.76 Å². The molecule has 2 heterocycles. The van der Waals surface area contributed by atoms with Gasteiger partial charge in [-0.25, -0.2) is 9.78 Å². The van der Waals surface area contributed by atoms with Crippen molar-refractivity contribution in [2.45, 2.75) is 26.8 Å². The summed E-state index contributed by atoms with van der Waals surface area (Å²) in [7, 11) is 4.43. The van der Waals surface area contributed by atoms with E-state index < -0.39 is 23.7 Å². The maximum Gasteiger partial charge on any atom is 0.350 e. The van der Waals surface area contributed by atoms with Crippen molar-refractivity contribution >= 4 is 39.9 Å². The van der Waals surface area contributed by atoms with E-state index in [2.05, 4.69) is 4.98 Å². The van der Waals surface area contributed by atoms with Crippen LogP contribution in [-0.2, 0) is 14.3 Å². The number of thiazole rings is 1. The summed E-state index contributed by atoms with van der Waals surface area (Å²) in [4.78, 5) is 45.4. The standard InChI is InChI=1S/C28H28N2O8S/c1-7-38-27(34)25-15(3)29-28(39-25)30-21(17-9-8-10-19(36-5)24(17)37-6)20(23(32)26(30)33)22(31)16-11-12-18(35-4)14(2)13-16/h8-13,21,31H,7H2,1-6H3/b22-20+/t21-/m0/s1. The third kappa shape index (κ3) is 4.81. The first kappa shape index (κ1) is 27.6. The van der Waals surface area contributed by atoms with Gasteiger partial charge in [0.05, 0.1) is 39.2 Å². The number of methoxy groups -OCH3 is 3. The number of aliphatic hydroxyl groups excluding tert-OH is 1. The lowest BCUT2D eigenvalue weighted by atomic mass is 9.94. The number of carbonyl (C=O) groups is 3. The summed E-state index contributed by atoms with van der Waals surface area (Å²) in [5.41, 5.74) is 1.61. The number of hydrogen-bond acceptors (Lipinski definition) is 10. The van der Waals surface area contributed by atoms with Crippen LogP contribution in [0.3, 0.4) is 0 Å². The molecule has 1 amide bonds. The summed E-state index contributed by atoms with van der Waals surface area (Å²) < 4.78 is 21.5. The molecule has 204 valence electrons. The zero-order valence-electron chi connectivity index (χ0n) is 22.4. The van der Waals surface area contributed by atoms with Crippen molar-refractivity contribution in [3.63, 3.8) is 0 Å². The van der Waals surface area contributed by atoms with Gasteiger partial charge >= 0.3 is 11.9 Å². The molecule has 0 saturated carbocycles. The molecule has 3 aromatic rings. The highest BCUT2D eigenvalue weighted by Gasteiger charge is 2.49. The first-order valence-electron chi connectivity index (χ1n) is 12.0. The Morgan fingerprint density at radius 3 is 2.38 bits per heavy atom. The number of ether oxygens (including phenoxy) is 4. The number of esters is 1. The summed E-state index contributed by atoms with van der Waals surface area (Å²) in [5.74, 6) is -1.56. The van der Waals surface area contributed by atoms with Crippen LogP contribution in [0.5, 0.6) is 17.2 Å². The van der Waals surface area contributed by atoms with Gasteiger partial charge in [0.1, 0.15) is 22.4 Å². The number of aryl methyl sites for hydroxylation is 2. The lowest BCUT2D eigenvalue weighted by Gasteiger charge is -2.25. The van der Waals surface area contributed by atoms with Crippen LogP contribution >= 0.6 is 11.3 Å². The molecule has 1 aliphatic rings. The Hall–Kier alpha value is -4.38. The summed E-state index contributed by atoms with van der Waals surface area (Å²) in [6.07, 6.45) is 0. The van der Waals surface area contributed by atoms with Crippen LogP contribution in [0.2, 0.25) is 0 Å². The summed E-state index contributed by atoms with van der Waals surface area (Å²) in [6.45, 7) is 5.26. The molecule has 0 aliphatic carbocycles.